The standard InChI is InChI=1S/C15H13FO3S/c1-20(18,19)15-5-3-2-4-12(15)10-14(17)11-6-8-13(16)9-7-11/h2-9H,10H2,1H3. The van der Waals surface area contributed by atoms with Crippen LogP contribution in [0.5, 0.6) is 0 Å². The van der Waals surface area contributed by atoms with Gasteiger partial charge in [0.15, 0.2) is 15.6 Å². The number of sulfone groups is 1. The molecule has 0 atom stereocenters. The maximum Gasteiger partial charge on any atom is 0.175 e. The van der Waals surface area contributed by atoms with Crippen LogP contribution in [0.1, 0.15) is 15.9 Å². The van der Waals surface area contributed by atoms with Crippen molar-refractivity contribution in [3.63, 3.8) is 0 Å². The molecule has 0 amide bonds. The third kappa shape index (κ3) is 3.30. The maximum absolute atomic E-state index is 12.8. The first kappa shape index (κ1) is 14.4. The lowest BCUT2D eigenvalue weighted by Crippen LogP contribution is -2.08. The van der Waals surface area contributed by atoms with Crippen molar-refractivity contribution in [3.8, 4) is 0 Å². The number of ketones is 1. The molecule has 20 heavy (non-hydrogen) atoms. The number of halogens is 1. The van der Waals surface area contributed by atoms with Gasteiger partial charge in [0.05, 0.1) is 4.90 Å². The number of carbonyl (C=O) groups is 1. The first-order chi connectivity index (χ1) is 9.38. The number of hydrogen-bond acceptors (Lipinski definition) is 3. The molecule has 0 bridgehead atoms. The highest BCUT2D eigenvalue weighted by Crippen LogP contribution is 2.17. The van der Waals surface area contributed by atoms with Crippen molar-refractivity contribution < 1.29 is 17.6 Å². The molecule has 0 saturated heterocycles. The van der Waals surface area contributed by atoms with Crippen molar-refractivity contribution in [2.24, 2.45) is 0 Å². The summed E-state index contributed by atoms with van der Waals surface area (Å²) in [5, 5.41) is 0. The van der Waals surface area contributed by atoms with Gasteiger partial charge in [-0.3, -0.25) is 4.79 Å². The first-order valence-electron chi connectivity index (χ1n) is 5.94. The molecule has 0 aromatic heterocycles. The van der Waals surface area contributed by atoms with Crippen molar-refractivity contribution in [2.45, 2.75) is 11.3 Å². The van der Waals surface area contributed by atoms with Crippen LogP contribution < -0.4 is 0 Å². The second kappa shape index (κ2) is 5.54. The molecule has 104 valence electrons. The van der Waals surface area contributed by atoms with E-state index in [2.05, 4.69) is 0 Å². The average Bonchev–Trinajstić information content (AvgIpc) is 2.38. The van der Waals surface area contributed by atoms with E-state index < -0.39 is 15.7 Å². The quantitative estimate of drug-likeness (QED) is 0.814. The molecule has 0 aliphatic rings. The number of rotatable bonds is 4. The summed E-state index contributed by atoms with van der Waals surface area (Å²) < 4.78 is 36.1. The van der Waals surface area contributed by atoms with Gasteiger partial charge in [0.1, 0.15) is 5.82 Å². The van der Waals surface area contributed by atoms with Gasteiger partial charge in [-0.15, -0.1) is 0 Å². The highest BCUT2D eigenvalue weighted by molar-refractivity contribution is 7.90. The van der Waals surface area contributed by atoms with E-state index in [1.54, 1.807) is 18.2 Å². The Morgan fingerprint density at radius 1 is 1.05 bits per heavy atom. The Kier molecular flexibility index (Phi) is 3.99. The van der Waals surface area contributed by atoms with Crippen LogP contribution in [0, 0.1) is 5.82 Å². The third-order valence-electron chi connectivity index (χ3n) is 2.89. The fraction of sp³-hybridized carbons (Fsp3) is 0.133. The lowest BCUT2D eigenvalue weighted by Gasteiger charge is -2.07. The van der Waals surface area contributed by atoms with E-state index in [-0.39, 0.29) is 17.1 Å². The van der Waals surface area contributed by atoms with Gasteiger partial charge in [0.2, 0.25) is 0 Å². The molecule has 2 aromatic rings. The molecule has 2 aromatic carbocycles. The smallest absolute Gasteiger partial charge is 0.175 e. The number of hydrogen-bond donors (Lipinski definition) is 0. The van der Waals surface area contributed by atoms with Crippen LogP contribution in [-0.4, -0.2) is 20.5 Å². The molecule has 0 aliphatic carbocycles. The normalized spacial score (nSPS) is 11.3. The largest absolute Gasteiger partial charge is 0.294 e. The molecule has 0 heterocycles. The van der Waals surface area contributed by atoms with Crippen LogP contribution in [0.2, 0.25) is 0 Å². The zero-order valence-corrected chi connectivity index (χ0v) is 11.7. The Morgan fingerprint density at radius 2 is 1.65 bits per heavy atom. The van der Waals surface area contributed by atoms with E-state index in [1.165, 1.54) is 30.3 Å². The Hall–Kier alpha value is -2.01. The summed E-state index contributed by atoms with van der Waals surface area (Å²) in [4.78, 5) is 12.2. The van der Waals surface area contributed by atoms with Crippen molar-refractivity contribution >= 4 is 15.6 Å². The SMILES string of the molecule is CS(=O)(=O)c1ccccc1CC(=O)c1ccc(F)cc1. The van der Waals surface area contributed by atoms with Gasteiger partial charge in [-0.2, -0.15) is 0 Å². The first-order valence-corrected chi connectivity index (χ1v) is 7.84. The predicted molar refractivity (Wildman–Crippen MR) is 74.0 cm³/mol. The molecule has 0 aliphatic heterocycles. The zero-order chi connectivity index (χ0) is 14.8. The predicted octanol–water partition coefficient (Wildman–Crippen LogP) is 2.65. The average molecular weight is 292 g/mol. The molecule has 2 rings (SSSR count). The summed E-state index contributed by atoms with van der Waals surface area (Å²) in [6, 6.07) is 11.6. The summed E-state index contributed by atoms with van der Waals surface area (Å²) in [7, 11) is -3.38. The molecule has 0 saturated carbocycles. The minimum Gasteiger partial charge on any atom is -0.294 e. The molecule has 0 spiro atoms. The van der Waals surface area contributed by atoms with Crippen LogP contribution in [0.15, 0.2) is 53.4 Å². The summed E-state index contributed by atoms with van der Waals surface area (Å²) in [6.45, 7) is 0. The van der Waals surface area contributed by atoms with Gasteiger partial charge in [-0.1, -0.05) is 18.2 Å². The van der Waals surface area contributed by atoms with Crippen LogP contribution in [0.4, 0.5) is 4.39 Å². The van der Waals surface area contributed by atoms with Crippen molar-refractivity contribution in [2.75, 3.05) is 6.26 Å². The summed E-state index contributed by atoms with van der Waals surface area (Å²) >= 11 is 0. The molecular formula is C15H13FO3S. The van der Waals surface area contributed by atoms with Crippen molar-refractivity contribution in [1.29, 1.82) is 0 Å². The second-order valence-electron chi connectivity index (χ2n) is 4.49. The molecular weight excluding hydrogens is 279 g/mol. The van der Waals surface area contributed by atoms with Gasteiger partial charge < -0.3 is 0 Å². The van der Waals surface area contributed by atoms with Crippen LogP contribution >= 0.6 is 0 Å². The minimum absolute atomic E-state index is 0.0329. The molecule has 0 unspecified atom stereocenters. The number of Topliss-reactive ketones (excluding diaryl/α,β-unsaturated/α-hetero) is 1. The Balaban J connectivity index is 2.31. The molecule has 5 heteroatoms. The highest BCUT2D eigenvalue weighted by Gasteiger charge is 2.15. The lowest BCUT2D eigenvalue weighted by atomic mass is 10.0. The zero-order valence-electron chi connectivity index (χ0n) is 10.8. The monoisotopic (exact) mass is 292 g/mol. The maximum atomic E-state index is 12.8. The number of benzene rings is 2. The van der Waals surface area contributed by atoms with Crippen LogP contribution in [0.3, 0.4) is 0 Å². The second-order valence-corrected chi connectivity index (χ2v) is 6.47. The number of carbonyl (C=O) groups excluding carboxylic acids is 1. The molecule has 0 fully saturated rings. The highest BCUT2D eigenvalue weighted by atomic mass is 32.2. The Morgan fingerprint density at radius 3 is 2.25 bits per heavy atom. The molecule has 0 N–H and O–H groups in total. The van der Waals surface area contributed by atoms with Crippen molar-refractivity contribution in [1.82, 2.24) is 0 Å². The van der Waals surface area contributed by atoms with Crippen LogP contribution in [-0.2, 0) is 16.3 Å². The van der Waals surface area contributed by atoms with Gasteiger partial charge in [0.25, 0.3) is 0 Å². The van der Waals surface area contributed by atoms with Crippen molar-refractivity contribution in [3.05, 3.63) is 65.5 Å². The van der Waals surface area contributed by atoms with E-state index in [0.717, 1.165) is 6.26 Å². The van der Waals surface area contributed by atoms with Gasteiger partial charge in [-0.05, 0) is 35.9 Å². The summed E-state index contributed by atoms with van der Waals surface area (Å²) in [6.07, 6.45) is 1.07. The lowest BCUT2D eigenvalue weighted by molar-refractivity contribution is 0.0992. The topological polar surface area (TPSA) is 51.2 Å². The van der Waals surface area contributed by atoms with Crippen LogP contribution in [0.25, 0.3) is 0 Å². The van der Waals surface area contributed by atoms with E-state index in [9.17, 15) is 17.6 Å². The summed E-state index contributed by atoms with van der Waals surface area (Å²) in [5.41, 5.74) is 0.805. The third-order valence-corrected chi connectivity index (χ3v) is 4.09. The minimum atomic E-state index is -3.38. The Bertz CT molecular complexity index is 734. The van der Waals surface area contributed by atoms with Gasteiger partial charge in [-0.25, -0.2) is 12.8 Å². The van der Waals surface area contributed by atoms with Gasteiger partial charge >= 0.3 is 0 Å². The van der Waals surface area contributed by atoms with E-state index in [0.29, 0.717) is 11.1 Å². The van der Waals surface area contributed by atoms with Gasteiger partial charge in [0, 0.05) is 18.2 Å². The molecule has 3 nitrogen and oxygen atoms in total. The Labute approximate surface area is 117 Å². The molecule has 0 radical (unpaired) electrons. The fourth-order valence-electron chi connectivity index (χ4n) is 1.92. The summed E-state index contributed by atoms with van der Waals surface area (Å²) in [5.74, 6) is -0.667. The van der Waals surface area contributed by atoms with E-state index in [1.807, 2.05) is 0 Å². The fourth-order valence-corrected chi connectivity index (χ4v) is 2.86. The van der Waals surface area contributed by atoms with E-state index in [4.69, 9.17) is 0 Å². The van der Waals surface area contributed by atoms with E-state index >= 15 is 0 Å².